The number of esters is 1. The highest BCUT2D eigenvalue weighted by atomic mass is 79.9. The topological polar surface area (TPSA) is 35.5 Å². The molecule has 4 heteroatoms. The highest BCUT2D eigenvalue weighted by Crippen LogP contribution is 2.04. The molecular weight excluding hydrogens is 272 g/mol. The molecule has 1 aromatic carbocycles. The van der Waals surface area contributed by atoms with Crippen LogP contribution in [-0.2, 0) is 20.9 Å². The number of hydrogen-bond donors (Lipinski definition) is 0. The molecule has 16 heavy (non-hydrogen) atoms. The minimum atomic E-state index is -0.284. The van der Waals surface area contributed by atoms with Crippen LogP contribution in [0.1, 0.15) is 12.5 Å². The van der Waals surface area contributed by atoms with Crippen molar-refractivity contribution in [2.75, 3.05) is 11.9 Å². The van der Waals surface area contributed by atoms with E-state index in [0.717, 1.165) is 5.56 Å². The minimum absolute atomic E-state index is 0.221. The van der Waals surface area contributed by atoms with Crippen LogP contribution in [0, 0.1) is 0 Å². The quantitative estimate of drug-likeness (QED) is 0.596. The van der Waals surface area contributed by atoms with Crippen molar-refractivity contribution in [3.63, 3.8) is 0 Å². The van der Waals surface area contributed by atoms with Crippen molar-refractivity contribution >= 4 is 21.9 Å². The second kappa shape index (κ2) is 7.41. The molecule has 0 fully saturated rings. The number of carbonyl (C=O) groups is 1. The fourth-order valence-corrected chi connectivity index (χ4v) is 1.55. The van der Waals surface area contributed by atoms with Crippen molar-refractivity contribution in [2.24, 2.45) is 0 Å². The van der Waals surface area contributed by atoms with E-state index in [2.05, 4.69) is 15.9 Å². The predicted molar refractivity (Wildman–Crippen MR) is 65.4 cm³/mol. The van der Waals surface area contributed by atoms with Gasteiger partial charge in [0, 0.05) is 12.3 Å². The van der Waals surface area contributed by atoms with Crippen molar-refractivity contribution < 1.29 is 14.3 Å². The van der Waals surface area contributed by atoms with E-state index in [1.54, 1.807) is 0 Å². The second-order valence-corrected chi connectivity index (χ2v) is 4.03. The van der Waals surface area contributed by atoms with Crippen molar-refractivity contribution in [3.05, 3.63) is 35.9 Å². The maximum Gasteiger partial charge on any atom is 0.303 e. The van der Waals surface area contributed by atoms with Crippen LogP contribution in [0.5, 0.6) is 0 Å². The Morgan fingerprint density at radius 1 is 1.38 bits per heavy atom. The molecule has 1 rings (SSSR count). The van der Waals surface area contributed by atoms with Crippen LogP contribution in [0.15, 0.2) is 30.3 Å². The van der Waals surface area contributed by atoms with Crippen molar-refractivity contribution in [2.45, 2.75) is 19.6 Å². The molecule has 0 spiro atoms. The Balaban J connectivity index is 2.26. The molecule has 0 N–H and O–H groups in total. The van der Waals surface area contributed by atoms with Crippen molar-refractivity contribution in [1.29, 1.82) is 0 Å². The highest BCUT2D eigenvalue weighted by molar-refractivity contribution is 9.09. The summed E-state index contributed by atoms with van der Waals surface area (Å²) >= 11 is 3.27. The van der Waals surface area contributed by atoms with Gasteiger partial charge >= 0.3 is 5.97 Å². The lowest BCUT2D eigenvalue weighted by Crippen LogP contribution is -2.23. The third kappa shape index (κ3) is 5.28. The average molecular weight is 287 g/mol. The fourth-order valence-electron chi connectivity index (χ4n) is 1.23. The van der Waals surface area contributed by atoms with Gasteiger partial charge in [0.1, 0.15) is 6.10 Å². The van der Waals surface area contributed by atoms with Gasteiger partial charge in [0.2, 0.25) is 0 Å². The number of benzene rings is 1. The van der Waals surface area contributed by atoms with E-state index in [1.807, 2.05) is 30.3 Å². The van der Waals surface area contributed by atoms with Crippen molar-refractivity contribution in [3.8, 4) is 0 Å². The predicted octanol–water partition coefficient (Wildman–Crippen LogP) is 2.53. The Morgan fingerprint density at radius 3 is 2.62 bits per heavy atom. The number of ether oxygens (including phenoxy) is 2. The summed E-state index contributed by atoms with van der Waals surface area (Å²) in [7, 11) is 0. The van der Waals surface area contributed by atoms with Gasteiger partial charge in [-0.05, 0) is 5.56 Å². The van der Waals surface area contributed by atoms with Gasteiger partial charge in [-0.15, -0.1) is 0 Å². The molecule has 0 aliphatic heterocycles. The summed E-state index contributed by atoms with van der Waals surface area (Å²) in [5, 5.41) is 0.585. The van der Waals surface area contributed by atoms with Gasteiger partial charge in [-0.3, -0.25) is 4.79 Å². The Bertz CT molecular complexity index is 313. The molecule has 0 amide bonds. The summed E-state index contributed by atoms with van der Waals surface area (Å²) in [6.45, 7) is 2.33. The molecule has 0 heterocycles. The smallest absolute Gasteiger partial charge is 0.303 e. The third-order valence-electron chi connectivity index (χ3n) is 1.92. The van der Waals surface area contributed by atoms with E-state index in [1.165, 1.54) is 6.92 Å². The van der Waals surface area contributed by atoms with Gasteiger partial charge in [0.15, 0.2) is 0 Å². The normalized spacial score (nSPS) is 12.1. The average Bonchev–Trinajstić information content (AvgIpc) is 2.28. The third-order valence-corrected chi connectivity index (χ3v) is 2.64. The first kappa shape index (κ1) is 13.2. The summed E-state index contributed by atoms with van der Waals surface area (Å²) in [6, 6.07) is 9.88. The van der Waals surface area contributed by atoms with Crippen LogP contribution in [0.2, 0.25) is 0 Å². The molecule has 3 nitrogen and oxygen atoms in total. The number of halogens is 1. The Hall–Kier alpha value is -0.870. The number of hydrogen-bond acceptors (Lipinski definition) is 3. The molecule has 0 radical (unpaired) electrons. The van der Waals surface area contributed by atoms with Crippen LogP contribution in [0.4, 0.5) is 0 Å². The Morgan fingerprint density at radius 2 is 2.06 bits per heavy atom. The first-order valence-corrected chi connectivity index (χ1v) is 6.19. The SMILES string of the molecule is CC(=O)O[C@@H](CBr)COCc1ccccc1. The standard InChI is InChI=1S/C12H15BrO3/c1-10(14)16-12(7-13)9-15-8-11-5-3-2-4-6-11/h2-6,12H,7-9H2,1H3/t12-/m0/s1. The molecule has 0 saturated carbocycles. The van der Waals surface area contributed by atoms with Gasteiger partial charge in [0.25, 0.3) is 0 Å². The van der Waals surface area contributed by atoms with Gasteiger partial charge in [-0.2, -0.15) is 0 Å². The Kier molecular flexibility index (Phi) is 6.11. The molecule has 1 aromatic rings. The molecule has 0 unspecified atom stereocenters. The molecule has 88 valence electrons. The molecule has 0 bridgehead atoms. The summed E-state index contributed by atoms with van der Waals surface area (Å²) in [5.74, 6) is -0.284. The fraction of sp³-hybridized carbons (Fsp3) is 0.417. The van der Waals surface area contributed by atoms with Crippen LogP contribution in [-0.4, -0.2) is 24.0 Å². The number of alkyl halides is 1. The zero-order valence-electron chi connectivity index (χ0n) is 9.19. The van der Waals surface area contributed by atoms with E-state index in [-0.39, 0.29) is 12.1 Å². The van der Waals surface area contributed by atoms with E-state index in [4.69, 9.17) is 9.47 Å². The number of carbonyl (C=O) groups excluding carboxylic acids is 1. The second-order valence-electron chi connectivity index (χ2n) is 3.39. The van der Waals surface area contributed by atoms with Crippen molar-refractivity contribution in [1.82, 2.24) is 0 Å². The van der Waals surface area contributed by atoms with E-state index in [0.29, 0.717) is 18.5 Å². The summed E-state index contributed by atoms with van der Waals surface area (Å²) in [6.07, 6.45) is -0.221. The van der Waals surface area contributed by atoms with E-state index in [9.17, 15) is 4.79 Å². The van der Waals surface area contributed by atoms with Gasteiger partial charge in [-0.1, -0.05) is 46.3 Å². The summed E-state index contributed by atoms with van der Waals surface area (Å²) in [4.78, 5) is 10.7. The lowest BCUT2D eigenvalue weighted by molar-refractivity contribution is -0.148. The molecular formula is C12H15BrO3. The highest BCUT2D eigenvalue weighted by Gasteiger charge is 2.10. The van der Waals surface area contributed by atoms with Crippen LogP contribution in [0.25, 0.3) is 0 Å². The van der Waals surface area contributed by atoms with Crippen LogP contribution < -0.4 is 0 Å². The van der Waals surface area contributed by atoms with E-state index >= 15 is 0 Å². The lowest BCUT2D eigenvalue weighted by Gasteiger charge is -2.14. The zero-order chi connectivity index (χ0) is 11.8. The van der Waals surface area contributed by atoms with Crippen LogP contribution >= 0.6 is 15.9 Å². The Labute approximate surface area is 104 Å². The van der Waals surface area contributed by atoms with Gasteiger partial charge < -0.3 is 9.47 Å². The first-order chi connectivity index (χ1) is 7.72. The van der Waals surface area contributed by atoms with Gasteiger partial charge in [0.05, 0.1) is 13.2 Å². The molecule has 1 atom stereocenters. The van der Waals surface area contributed by atoms with E-state index < -0.39 is 0 Å². The molecule has 0 aromatic heterocycles. The monoisotopic (exact) mass is 286 g/mol. The zero-order valence-corrected chi connectivity index (χ0v) is 10.8. The summed E-state index contributed by atoms with van der Waals surface area (Å²) < 4.78 is 10.5. The molecule has 0 aliphatic carbocycles. The molecule has 0 saturated heterocycles. The largest absolute Gasteiger partial charge is 0.459 e. The lowest BCUT2D eigenvalue weighted by atomic mass is 10.2. The van der Waals surface area contributed by atoms with Crippen LogP contribution in [0.3, 0.4) is 0 Å². The maximum atomic E-state index is 10.7. The maximum absolute atomic E-state index is 10.7. The molecule has 0 aliphatic rings. The first-order valence-electron chi connectivity index (χ1n) is 5.07. The summed E-state index contributed by atoms with van der Waals surface area (Å²) in [5.41, 5.74) is 1.11. The van der Waals surface area contributed by atoms with Gasteiger partial charge in [-0.25, -0.2) is 0 Å². The minimum Gasteiger partial charge on any atom is -0.459 e. The number of rotatable bonds is 6.